The molecule has 0 radical (unpaired) electrons. The van der Waals surface area contributed by atoms with Crippen molar-refractivity contribution in [1.82, 2.24) is 20.3 Å². The van der Waals surface area contributed by atoms with E-state index in [-0.39, 0.29) is 41.9 Å². The van der Waals surface area contributed by atoms with Crippen LogP contribution >= 0.6 is 15.9 Å². The molecule has 4 heterocycles. The zero-order chi connectivity index (χ0) is 37.3. The third-order valence-corrected chi connectivity index (χ3v) is 16.5. The Morgan fingerprint density at radius 3 is 2.72 bits per heavy atom. The Morgan fingerprint density at radius 1 is 1.17 bits per heavy atom. The third-order valence-electron chi connectivity index (χ3n) is 11.6. The summed E-state index contributed by atoms with van der Waals surface area (Å²) in [5.74, 6) is 0.543. The fraction of sp³-hybridized carbons (Fsp3) is 0.450. The number of piperidine rings is 1. The van der Waals surface area contributed by atoms with E-state index in [0.717, 1.165) is 57.8 Å². The van der Waals surface area contributed by atoms with Gasteiger partial charge in [-0.2, -0.15) is 0 Å². The molecule has 0 saturated carbocycles. The molecule has 0 bridgehead atoms. The molecule has 13 heteroatoms. The van der Waals surface area contributed by atoms with Gasteiger partial charge in [-0.25, -0.2) is 0 Å². The van der Waals surface area contributed by atoms with E-state index >= 15 is 4.79 Å². The number of halogens is 1. The average Bonchev–Trinajstić information content (AvgIpc) is 3.81. The minimum atomic E-state index is -2.33. The monoisotopic (exact) mass is 800 g/mol. The molecule has 7 rings (SSSR count). The number of aryl methyl sites for hydroxylation is 1. The second-order valence-corrected chi connectivity index (χ2v) is 20.8. The van der Waals surface area contributed by atoms with Crippen LogP contribution in [0.4, 0.5) is 11.4 Å². The summed E-state index contributed by atoms with van der Waals surface area (Å²) in [4.78, 5) is 30.2. The summed E-state index contributed by atoms with van der Waals surface area (Å²) in [5.41, 5.74) is 2.96. The molecule has 2 amide bonds. The van der Waals surface area contributed by atoms with Crippen LogP contribution in [0.2, 0.25) is 18.6 Å². The van der Waals surface area contributed by atoms with E-state index in [1.54, 1.807) is 7.11 Å². The van der Waals surface area contributed by atoms with E-state index in [1.165, 1.54) is 5.19 Å². The molecule has 280 valence electrons. The predicted octanol–water partition coefficient (Wildman–Crippen LogP) is 5.38. The highest BCUT2D eigenvalue weighted by Crippen LogP contribution is 2.60. The predicted molar refractivity (Wildman–Crippen MR) is 211 cm³/mol. The Hall–Kier alpha value is -3.88. The molecule has 2 saturated heterocycles. The Morgan fingerprint density at radius 2 is 1.98 bits per heavy atom. The van der Waals surface area contributed by atoms with Crippen LogP contribution in [0.3, 0.4) is 0 Å². The highest BCUT2D eigenvalue weighted by molar-refractivity contribution is 9.10. The molecule has 11 nitrogen and oxygen atoms in total. The molecule has 53 heavy (non-hydrogen) atoms. The van der Waals surface area contributed by atoms with Gasteiger partial charge < -0.3 is 30.1 Å². The number of fused-ring (bicyclic) bond motifs is 2. The van der Waals surface area contributed by atoms with Crippen LogP contribution in [0.15, 0.2) is 77.4 Å². The second-order valence-electron chi connectivity index (χ2n) is 15.2. The van der Waals surface area contributed by atoms with E-state index < -0.39 is 13.7 Å². The van der Waals surface area contributed by atoms with E-state index in [0.29, 0.717) is 32.5 Å². The highest BCUT2D eigenvalue weighted by Gasteiger charge is 2.66. The first kappa shape index (κ1) is 37.4. The zero-order valence-corrected chi connectivity index (χ0v) is 33.4. The molecule has 5 atom stereocenters. The lowest BCUT2D eigenvalue weighted by molar-refractivity contribution is -0.146. The van der Waals surface area contributed by atoms with Gasteiger partial charge in [0.15, 0.2) is 5.60 Å². The van der Waals surface area contributed by atoms with Gasteiger partial charge in [-0.05, 0) is 79.4 Å². The fourth-order valence-electron chi connectivity index (χ4n) is 8.90. The molecule has 3 aromatic carbocycles. The van der Waals surface area contributed by atoms with Crippen molar-refractivity contribution >= 4 is 52.4 Å². The number of aliphatic hydroxyl groups excluding tert-OH is 1. The van der Waals surface area contributed by atoms with Gasteiger partial charge in [0.05, 0.1) is 45.1 Å². The van der Waals surface area contributed by atoms with Gasteiger partial charge >= 0.3 is 0 Å². The summed E-state index contributed by atoms with van der Waals surface area (Å²) in [6.45, 7) is 9.49. The number of aliphatic hydroxyl groups is 1. The van der Waals surface area contributed by atoms with E-state index in [9.17, 15) is 9.90 Å². The second kappa shape index (κ2) is 15.5. The number of carbonyl (C=O) groups is 2. The molecule has 3 aliphatic rings. The van der Waals surface area contributed by atoms with E-state index in [4.69, 9.17) is 9.47 Å². The number of hydrogen-bond acceptors (Lipinski definition) is 8. The normalized spacial score (nSPS) is 24.1. The summed E-state index contributed by atoms with van der Waals surface area (Å²) in [7, 11) is -0.656. The lowest BCUT2D eigenvalue weighted by Gasteiger charge is -2.37. The van der Waals surface area contributed by atoms with Crippen LogP contribution in [-0.4, -0.2) is 72.9 Å². The van der Waals surface area contributed by atoms with Gasteiger partial charge in [0.2, 0.25) is 5.91 Å². The largest absolute Gasteiger partial charge is 0.497 e. The van der Waals surface area contributed by atoms with Crippen molar-refractivity contribution in [3.8, 4) is 5.75 Å². The van der Waals surface area contributed by atoms with Gasteiger partial charge in [0.1, 0.15) is 5.75 Å². The molecule has 4 aromatic rings. The van der Waals surface area contributed by atoms with Crippen molar-refractivity contribution in [2.24, 2.45) is 11.8 Å². The Kier molecular flexibility index (Phi) is 10.9. The van der Waals surface area contributed by atoms with Crippen molar-refractivity contribution < 1.29 is 24.2 Å². The summed E-state index contributed by atoms with van der Waals surface area (Å²) in [6, 6.07) is 22.2. The number of hydrogen-bond donors (Lipinski definition) is 3. The number of methoxy groups -OCH3 is 1. The number of nitrogens with one attached hydrogen (secondary N) is 2. The molecule has 1 spiro atoms. The van der Waals surface area contributed by atoms with Gasteiger partial charge in [-0.15, -0.1) is 5.10 Å². The average molecular weight is 802 g/mol. The summed E-state index contributed by atoms with van der Waals surface area (Å²) >= 11 is 3.71. The number of aromatic nitrogens is 3. The maximum absolute atomic E-state index is 15.2. The third kappa shape index (κ3) is 7.21. The van der Waals surface area contributed by atoms with Crippen LogP contribution in [0, 0.1) is 11.8 Å². The lowest BCUT2D eigenvalue weighted by Crippen LogP contribution is -2.51. The zero-order valence-electron chi connectivity index (χ0n) is 30.8. The Bertz CT molecular complexity index is 1950. The maximum Gasteiger partial charge on any atom is 0.264 e. The molecule has 3 N–H and O–H groups in total. The summed E-state index contributed by atoms with van der Waals surface area (Å²) < 4.78 is 15.5. The number of anilines is 2. The highest BCUT2D eigenvalue weighted by atomic mass is 79.9. The standard InChI is InChI=1S/C40H49BrN6O5Si/c1-26-37(53(3,4)33-13-11-32(51-2)12-14-33)36(16-19-46-25-31(17-20-48)44-45-46)52-40(26)34-22-29(41)10-15-35(34)47(39(40)50)24-27-7-5-9-30(21-27)43-38(49)28-8-6-18-42-23-28/h5,7,9-15,21-22,25-26,28,36-37,42,48H,6,8,16-20,23-24H2,1-4H3,(H,43,49)/t26-,28?,36+,37-,40+/m0/s1. The van der Waals surface area contributed by atoms with Crippen LogP contribution < -0.4 is 25.5 Å². The van der Waals surface area contributed by atoms with E-state index in [2.05, 4.69) is 75.1 Å². The summed E-state index contributed by atoms with van der Waals surface area (Å²) in [5, 5.41) is 25.7. The number of benzene rings is 3. The van der Waals surface area contributed by atoms with Crippen LogP contribution in [0.1, 0.15) is 43.0 Å². The minimum absolute atomic E-state index is 0.0128. The first-order chi connectivity index (χ1) is 25.5. The van der Waals surface area contributed by atoms with E-state index in [1.807, 2.05) is 64.3 Å². The maximum atomic E-state index is 15.2. The molecule has 1 aromatic heterocycles. The van der Waals surface area contributed by atoms with Crippen molar-refractivity contribution in [2.45, 2.75) is 76.0 Å². The Labute approximate surface area is 320 Å². The van der Waals surface area contributed by atoms with Gasteiger partial charge in [-0.3, -0.25) is 14.3 Å². The molecular weight excluding hydrogens is 752 g/mol. The first-order valence-electron chi connectivity index (χ1n) is 18.6. The van der Waals surface area contributed by atoms with Crippen LogP contribution in [-0.2, 0) is 39.4 Å². The van der Waals surface area contributed by atoms with Gasteiger partial charge in [0, 0.05) is 54.0 Å². The molecule has 3 aliphatic heterocycles. The molecular formula is C40H49BrN6O5Si. The quantitative estimate of drug-likeness (QED) is 0.163. The van der Waals surface area contributed by atoms with Crippen molar-refractivity contribution in [1.29, 1.82) is 0 Å². The van der Waals surface area contributed by atoms with Crippen molar-refractivity contribution in [2.75, 3.05) is 37.0 Å². The molecule has 0 aliphatic carbocycles. The molecule has 1 unspecified atom stereocenters. The Balaban J connectivity index is 1.22. The first-order valence-corrected chi connectivity index (χ1v) is 22.5. The minimum Gasteiger partial charge on any atom is -0.497 e. The topological polar surface area (TPSA) is 131 Å². The number of rotatable bonds is 12. The van der Waals surface area contributed by atoms with Gasteiger partial charge in [-0.1, -0.05) is 70.6 Å². The SMILES string of the molecule is COc1ccc([Si](C)(C)[C@@H]2[C@@H](CCn3cc(CCO)nn3)O[C@]3(C(=O)N(Cc4cccc(NC(=O)C5CCCNC5)c4)c4ccc(Br)cc43)[C@H]2C)cc1. The van der Waals surface area contributed by atoms with Crippen molar-refractivity contribution in [3.63, 3.8) is 0 Å². The number of ether oxygens (including phenoxy) is 2. The van der Waals surface area contributed by atoms with Crippen molar-refractivity contribution in [3.05, 3.63) is 94.2 Å². The number of carbonyl (C=O) groups excluding carboxylic acids is 2. The number of amides is 2. The van der Waals surface area contributed by atoms with Crippen LogP contribution in [0.25, 0.3) is 0 Å². The van der Waals surface area contributed by atoms with Crippen LogP contribution in [0.5, 0.6) is 5.75 Å². The lowest BCUT2D eigenvalue weighted by atomic mass is 9.82. The van der Waals surface area contributed by atoms with Gasteiger partial charge in [0.25, 0.3) is 5.91 Å². The summed E-state index contributed by atoms with van der Waals surface area (Å²) in [6.07, 6.45) is 4.58. The molecule has 2 fully saturated rings. The number of nitrogens with zero attached hydrogens (tertiary/aromatic N) is 4. The smallest absolute Gasteiger partial charge is 0.264 e. The fourth-order valence-corrected chi connectivity index (χ4v) is 13.3.